The number of anilines is 1. The number of benzene rings is 1. The molecule has 21 heavy (non-hydrogen) atoms. The fraction of sp³-hybridized carbons (Fsp3) is 0.333. The molecule has 0 saturated heterocycles. The third-order valence-corrected chi connectivity index (χ3v) is 3.93. The van der Waals surface area contributed by atoms with Crippen LogP contribution in [0.15, 0.2) is 24.3 Å². The van der Waals surface area contributed by atoms with E-state index in [1.54, 1.807) is 18.2 Å². The predicted octanol–water partition coefficient (Wildman–Crippen LogP) is 0.652. The van der Waals surface area contributed by atoms with Gasteiger partial charge in [-0.3, -0.25) is 9.52 Å². The van der Waals surface area contributed by atoms with E-state index >= 15 is 0 Å². The maximum absolute atomic E-state index is 12.0. The van der Waals surface area contributed by atoms with Gasteiger partial charge in [0.25, 0.3) is 0 Å². The van der Waals surface area contributed by atoms with E-state index in [1.807, 2.05) is 0 Å². The zero-order chi connectivity index (χ0) is 15.9. The van der Waals surface area contributed by atoms with Gasteiger partial charge in [0, 0.05) is 19.7 Å². The third-order valence-electron chi connectivity index (χ3n) is 2.44. The third kappa shape index (κ3) is 5.68. The molecule has 0 unspecified atom stereocenters. The number of hydrogen-bond donors (Lipinski definition) is 2. The molecular weight excluding hydrogens is 298 g/mol. The lowest BCUT2D eigenvalue weighted by molar-refractivity contribution is -0.137. The van der Waals surface area contributed by atoms with Crippen molar-refractivity contribution in [2.75, 3.05) is 24.9 Å². The number of carboxylic acids is 1. The molecule has 114 valence electrons. The summed E-state index contributed by atoms with van der Waals surface area (Å²) in [5, 5.41) is 17.0. The fourth-order valence-electron chi connectivity index (χ4n) is 1.37. The molecule has 0 spiro atoms. The molecule has 0 aliphatic rings. The highest BCUT2D eigenvalue weighted by Gasteiger charge is 2.18. The standard InChI is InChI=1S/C12H15N3O5S/c1-15(7-5-12(16)17)21(18,19)14-10-3-2-4-11(9-10)20-8-6-13/h2-4,9,14H,5,7-8H2,1H3,(H,16,17). The van der Waals surface area contributed by atoms with Crippen LogP contribution in [-0.2, 0) is 15.0 Å². The highest BCUT2D eigenvalue weighted by atomic mass is 32.2. The second-order valence-electron chi connectivity index (χ2n) is 4.05. The molecular formula is C12H15N3O5S. The molecule has 0 radical (unpaired) electrons. The minimum atomic E-state index is -3.85. The Hall–Kier alpha value is -2.31. The Morgan fingerprint density at radius 3 is 2.86 bits per heavy atom. The van der Waals surface area contributed by atoms with Crippen molar-refractivity contribution >= 4 is 21.9 Å². The first-order chi connectivity index (χ1) is 9.85. The van der Waals surface area contributed by atoms with Gasteiger partial charge in [-0.05, 0) is 12.1 Å². The van der Waals surface area contributed by atoms with Crippen molar-refractivity contribution in [3.8, 4) is 11.8 Å². The van der Waals surface area contributed by atoms with Crippen molar-refractivity contribution in [1.29, 1.82) is 5.26 Å². The van der Waals surface area contributed by atoms with Gasteiger partial charge in [-0.15, -0.1) is 0 Å². The van der Waals surface area contributed by atoms with E-state index < -0.39 is 16.2 Å². The van der Waals surface area contributed by atoms with Gasteiger partial charge in [-0.2, -0.15) is 18.0 Å². The normalized spacial score (nSPS) is 10.9. The van der Waals surface area contributed by atoms with Crippen LogP contribution in [0.1, 0.15) is 6.42 Å². The second kappa shape index (κ2) is 7.47. The van der Waals surface area contributed by atoms with E-state index in [2.05, 4.69) is 4.72 Å². The Bertz CT molecular complexity index is 639. The largest absolute Gasteiger partial charge is 0.481 e. The summed E-state index contributed by atoms with van der Waals surface area (Å²) in [6.45, 7) is -0.288. The number of carbonyl (C=O) groups is 1. The molecule has 0 aliphatic carbocycles. The van der Waals surface area contributed by atoms with Gasteiger partial charge in [-0.1, -0.05) is 6.07 Å². The topological polar surface area (TPSA) is 120 Å². The fourth-order valence-corrected chi connectivity index (χ4v) is 2.28. The lowest BCUT2D eigenvalue weighted by Crippen LogP contribution is -2.34. The van der Waals surface area contributed by atoms with Crippen LogP contribution in [-0.4, -0.2) is 44.0 Å². The molecule has 1 aromatic rings. The van der Waals surface area contributed by atoms with Crippen molar-refractivity contribution in [2.45, 2.75) is 6.42 Å². The molecule has 0 heterocycles. The molecule has 0 aliphatic heterocycles. The Kier molecular flexibility index (Phi) is 5.95. The molecule has 2 N–H and O–H groups in total. The number of ether oxygens (including phenoxy) is 1. The van der Waals surface area contributed by atoms with Crippen LogP contribution in [0.5, 0.6) is 5.75 Å². The highest BCUT2D eigenvalue weighted by Crippen LogP contribution is 2.19. The molecule has 0 fully saturated rings. The summed E-state index contributed by atoms with van der Waals surface area (Å²) < 4.78 is 32.2. The lowest BCUT2D eigenvalue weighted by Gasteiger charge is -2.17. The summed E-state index contributed by atoms with van der Waals surface area (Å²) in [6.07, 6.45) is -0.289. The van der Waals surface area contributed by atoms with E-state index in [0.717, 1.165) is 4.31 Å². The Morgan fingerprint density at radius 2 is 2.24 bits per heavy atom. The molecule has 0 bridgehead atoms. The molecule has 0 aromatic heterocycles. The van der Waals surface area contributed by atoms with Gasteiger partial charge >= 0.3 is 16.2 Å². The average Bonchev–Trinajstić information content (AvgIpc) is 2.42. The van der Waals surface area contributed by atoms with Crippen LogP contribution >= 0.6 is 0 Å². The van der Waals surface area contributed by atoms with E-state index in [4.69, 9.17) is 15.1 Å². The number of aliphatic carboxylic acids is 1. The molecule has 0 atom stereocenters. The van der Waals surface area contributed by atoms with Crippen molar-refractivity contribution < 1.29 is 23.1 Å². The molecule has 1 rings (SSSR count). The summed E-state index contributed by atoms with van der Waals surface area (Å²) in [6, 6.07) is 7.91. The van der Waals surface area contributed by atoms with Crippen LogP contribution in [0.25, 0.3) is 0 Å². The van der Waals surface area contributed by atoms with Gasteiger partial charge in [0.15, 0.2) is 6.61 Å². The Morgan fingerprint density at radius 1 is 1.52 bits per heavy atom. The van der Waals surface area contributed by atoms with E-state index in [1.165, 1.54) is 19.2 Å². The quantitative estimate of drug-likeness (QED) is 0.727. The minimum Gasteiger partial charge on any atom is -0.481 e. The summed E-state index contributed by atoms with van der Waals surface area (Å²) in [5.41, 5.74) is 0.257. The average molecular weight is 313 g/mol. The van der Waals surface area contributed by atoms with Gasteiger partial charge in [0.1, 0.15) is 11.8 Å². The monoisotopic (exact) mass is 313 g/mol. The van der Waals surface area contributed by atoms with Crippen molar-refractivity contribution in [1.82, 2.24) is 4.31 Å². The number of nitrogens with one attached hydrogen (secondary N) is 1. The minimum absolute atomic E-state index is 0.144. The van der Waals surface area contributed by atoms with Crippen LogP contribution < -0.4 is 9.46 Å². The van der Waals surface area contributed by atoms with Crippen LogP contribution in [0.3, 0.4) is 0 Å². The second-order valence-corrected chi connectivity index (χ2v) is 5.82. The first-order valence-electron chi connectivity index (χ1n) is 5.91. The molecule has 8 nitrogen and oxygen atoms in total. The lowest BCUT2D eigenvalue weighted by atomic mass is 10.3. The van der Waals surface area contributed by atoms with Crippen molar-refractivity contribution in [2.24, 2.45) is 0 Å². The Labute approximate surface area is 122 Å². The summed E-state index contributed by atoms with van der Waals surface area (Å²) in [7, 11) is -2.57. The van der Waals surface area contributed by atoms with E-state index in [9.17, 15) is 13.2 Å². The number of nitrogens with zero attached hydrogens (tertiary/aromatic N) is 2. The summed E-state index contributed by atoms with van der Waals surface area (Å²) in [4.78, 5) is 10.4. The SMILES string of the molecule is CN(CCC(=O)O)S(=O)(=O)Nc1cccc(OCC#N)c1. The Balaban J connectivity index is 2.74. The van der Waals surface area contributed by atoms with E-state index in [0.29, 0.717) is 5.75 Å². The predicted molar refractivity (Wildman–Crippen MR) is 75.0 cm³/mol. The van der Waals surface area contributed by atoms with Crippen LogP contribution in [0, 0.1) is 11.3 Å². The van der Waals surface area contributed by atoms with Gasteiger partial charge < -0.3 is 9.84 Å². The highest BCUT2D eigenvalue weighted by molar-refractivity contribution is 7.90. The van der Waals surface area contributed by atoms with Gasteiger partial charge in [-0.25, -0.2) is 0 Å². The number of rotatable bonds is 8. The number of nitriles is 1. The number of hydrogen-bond acceptors (Lipinski definition) is 5. The zero-order valence-electron chi connectivity index (χ0n) is 11.3. The van der Waals surface area contributed by atoms with Crippen molar-refractivity contribution in [3.05, 3.63) is 24.3 Å². The van der Waals surface area contributed by atoms with Gasteiger partial charge in [0.2, 0.25) is 0 Å². The van der Waals surface area contributed by atoms with E-state index in [-0.39, 0.29) is 25.3 Å². The number of carboxylic acid groups (broad SMARTS) is 1. The van der Waals surface area contributed by atoms with Crippen molar-refractivity contribution in [3.63, 3.8) is 0 Å². The first kappa shape index (κ1) is 16.7. The first-order valence-corrected chi connectivity index (χ1v) is 7.35. The van der Waals surface area contributed by atoms with Crippen LogP contribution in [0.2, 0.25) is 0 Å². The maximum Gasteiger partial charge on any atom is 0.304 e. The molecule has 1 aromatic carbocycles. The molecule has 9 heteroatoms. The summed E-state index contributed by atoms with van der Waals surface area (Å²) in [5.74, 6) is -0.728. The molecule has 0 saturated carbocycles. The smallest absolute Gasteiger partial charge is 0.304 e. The van der Waals surface area contributed by atoms with Crippen LogP contribution in [0.4, 0.5) is 5.69 Å². The molecule has 0 amide bonds. The summed E-state index contributed by atoms with van der Waals surface area (Å²) >= 11 is 0. The zero-order valence-corrected chi connectivity index (χ0v) is 12.1. The van der Waals surface area contributed by atoms with Gasteiger partial charge in [0.05, 0.1) is 12.1 Å². The maximum atomic E-state index is 12.0.